The number of hydrogen-bond acceptors (Lipinski definition) is 5. The van der Waals surface area contributed by atoms with E-state index in [1.807, 2.05) is 24.3 Å². The van der Waals surface area contributed by atoms with Crippen LogP contribution in [0, 0.1) is 0 Å². The van der Waals surface area contributed by atoms with Crippen molar-refractivity contribution in [1.29, 1.82) is 0 Å². The summed E-state index contributed by atoms with van der Waals surface area (Å²) in [6, 6.07) is 7.49. The summed E-state index contributed by atoms with van der Waals surface area (Å²) in [7, 11) is 0. The van der Waals surface area contributed by atoms with Crippen LogP contribution in [-0.2, 0) is 16.0 Å². The zero-order valence-corrected chi connectivity index (χ0v) is 17.7. The monoisotopic (exact) mass is 408 g/mol. The number of benzene rings is 2. The van der Waals surface area contributed by atoms with Gasteiger partial charge in [-0.05, 0) is 26.0 Å². The van der Waals surface area contributed by atoms with Crippen LogP contribution >= 0.6 is 11.8 Å². The van der Waals surface area contributed by atoms with Gasteiger partial charge >= 0.3 is 11.9 Å². The molecule has 5 heteroatoms. The van der Waals surface area contributed by atoms with Gasteiger partial charge in [0.1, 0.15) is 11.5 Å². The van der Waals surface area contributed by atoms with E-state index in [4.69, 9.17) is 9.47 Å². The quantitative estimate of drug-likeness (QED) is 0.265. The van der Waals surface area contributed by atoms with Gasteiger partial charge < -0.3 is 9.47 Å². The van der Waals surface area contributed by atoms with Crippen molar-refractivity contribution in [3.05, 3.63) is 71.8 Å². The Kier molecular flexibility index (Phi) is 6.28. The van der Waals surface area contributed by atoms with Crippen molar-refractivity contribution in [2.45, 2.75) is 32.4 Å². The van der Waals surface area contributed by atoms with Gasteiger partial charge in [-0.1, -0.05) is 56.5 Å². The predicted octanol–water partition coefficient (Wildman–Crippen LogP) is 5.71. The normalized spacial score (nSPS) is 14.9. The molecule has 150 valence electrons. The average molecular weight is 409 g/mol. The van der Waals surface area contributed by atoms with Gasteiger partial charge in [-0.3, -0.25) is 0 Å². The minimum Gasteiger partial charge on any atom is -0.422 e. The molecule has 1 aliphatic rings. The van der Waals surface area contributed by atoms with Crippen LogP contribution in [0.2, 0.25) is 0 Å². The lowest BCUT2D eigenvalue weighted by Crippen LogP contribution is -2.16. The molecule has 0 aliphatic heterocycles. The number of hydrogen-bond donors (Lipinski definition) is 0. The summed E-state index contributed by atoms with van der Waals surface area (Å²) in [4.78, 5) is 24.8. The van der Waals surface area contributed by atoms with Crippen molar-refractivity contribution < 1.29 is 19.1 Å². The Morgan fingerprint density at radius 1 is 1.03 bits per heavy atom. The Labute approximate surface area is 175 Å². The summed E-state index contributed by atoms with van der Waals surface area (Å²) in [5.74, 6) is 0.951. The molecule has 0 fully saturated rings. The molecule has 0 heterocycles. The second-order valence-electron chi connectivity index (χ2n) is 6.94. The summed E-state index contributed by atoms with van der Waals surface area (Å²) in [6.07, 6.45) is 4.75. The Hall–Kier alpha value is -2.79. The third-order valence-corrected chi connectivity index (χ3v) is 5.70. The van der Waals surface area contributed by atoms with E-state index >= 15 is 0 Å². The van der Waals surface area contributed by atoms with E-state index in [1.165, 1.54) is 0 Å². The van der Waals surface area contributed by atoms with E-state index in [0.717, 1.165) is 27.7 Å². The molecule has 0 N–H and O–H groups in total. The SMILES string of the molecule is C=C(C)C(=O)Oc1c2c(c(OC(=O)C(=C)C)c3ccccc13)C(SCC)C=CC2. The van der Waals surface area contributed by atoms with Crippen molar-refractivity contribution >= 4 is 34.5 Å². The first-order chi connectivity index (χ1) is 13.8. The van der Waals surface area contributed by atoms with Crippen LogP contribution in [-0.4, -0.2) is 17.7 Å². The van der Waals surface area contributed by atoms with Crippen LogP contribution in [0.25, 0.3) is 10.8 Å². The number of fused-ring (bicyclic) bond motifs is 2. The third kappa shape index (κ3) is 4.15. The highest BCUT2D eigenvalue weighted by Gasteiger charge is 2.30. The number of esters is 2. The molecule has 1 atom stereocenters. The summed E-state index contributed by atoms with van der Waals surface area (Å²) in [6.45, 7) is 12.7. The van der Waals surface area contributed by atoms with Gasteiger partial charge in [0.15, 0.2) is 0 Å². The molecule has 0 radical (unpaired) electrons. The van der Waals surface area contributed by atoms with Gasteiger partial charge in [0.05, 0.1) is 5.25 Å². The van der Waals surface area contributed by atoms with Crippen molar-refractivity contribution in [2.75, 3.05) is 5.75 Å². The Bertz CT molecular complexity index is 1050. The van der Waals surface area contributed by atoms with E-state index in [1.54, 1.807) is 25.6 Å². The minimum absolute atomic E-state index is 0.0106. The largest absolute Gasteiger partial charge is 0.422 e. The second-order valence-corrected chi connectivity index (χ2v) is 8.36. The smallest absolute Gasteiger partial charge is 0.338 e. The van der Waals surface area contributed by atoms with E-state index in [9.17, 15) is 9.59 Å². The molecule has 0 saturated heterocycles. The molecule has 1 aliphatic carbocycles. The van der Waals surface area contributed by atoms with Crippen LogP contribution in [0.15, 0.2) is 60.7 Å². The topological polar surface area (TPSA) is 52.6 Å². The van der Waals surface area contributed by atoms with E-state index in [0.29, 0.717) is 29.1 Å². The molecule has 4 nitrogen and oxygen atoms in total. The Morgan fingerprint density at radius 3 is 2.14 bits per heavy atom. The van der Waals surface area contributed by atoms with Crippen LogP contribution in [0.3, 0.4) is 0 Å². The third-order valence-electron chi connectivity index (χ3n) is 4.61. The highest BCUT2D eigenvalue weighted by molar-refractivity contribution is 7.99. The van der Waals surface area contributed by atoms with Crippen LogP contribution in [0.1, 0.15) is 37.1 Å². The molecular formula is C24H24O4S. The zero-order valence-electron chi connectivity index (χ0n) is 16.9. The van der Waals surface area contributed by atoms with Crippen molar-refractivity contribution in [2.24, 2.45) is 0 Å². The molecule has 2 aromatic carbocycles. The van der Waals surface area contributed by atoms with E-state index in [-0.39, 0.29) is 5.25 Å². The lowest BCUT2D eigenvalue weighted by atomic mass is 9.90. The molecule has 0 spiro atoms. The first-order valence-corrected chi connectivity index (χ1v) is 10.5. The van der Waals surface area contributed by atoms with Gasteiger partial charge in [-0.25, -0.2) is 9.59 Å². The van der Waals surface area contributed by atoms with E-state index in [2.05, 4.69) is 32.2 Å². The standard InChI is InChI=1S/C24H24O4S/c1-6-29-19-13-9-12-18-20(19)22(28-24(26)15(4)5)17-11-8-7-10-16(17)21(18)27-23(25)14(2)3/h7-11,13,19H,2,4,6,12H2,1,3,5H3. The Morgan fingerprint density at radius 2 is 1.59 bits per heavy atom. The summed E-state index contributed by atoms with van der Waals surface area (Å²) in [5.41, 5.74) is 2.38. The van der Waals surface area contributed by atoms with Crippen LogP contribution in [0.4, 0.5) is 0 Å². The molecule has 0 bridgehead atoms. The number of carbonyl (C=O) groups excluding carboxylic acids is 2. The van der Waals surface area contributed by atoms with Crippen molar-refractivity contribution in [1.82, 2.24) is 0 Å². The number of carbonyl (C=O) groups is 2. The highest BCUT2D eigenvalue weighted by atomic mass is 32.2. The fourth-order valence-corrected chi connectivity index (χ4v) is 4.26. The molecule has 29 heavy (non-hydrogen) atoms. The minimum atomic E-state index is -0.474. The fraction of sp³-hybridized carbons (Fsp3) is 0.250. The molecule has 1 unspecified atom stereocenters. The zero-order chi connectivity index (χ0) is 21.1. The maximum atomic E-state index is 12.4. The lowest BCUT2D eigenvalue weighted by molar-refractivity contribution is -0.131. The maximum Gasteiger partial charge on any atom is 0.338 e. The first-order valence-electron chi connectivity index (χ1n) is 9.46. The molecule has 2 aromatic rings. The molecular weight excluding hydrogens is 384 g/mol. The molecule has 0 amide bonds. The summed E-state index contributed by atoms with van der Waals surface area (Å²) < 4.78 is 11.6. The van der Waals surface area contributed by atoms with Crippen LogP contribution in [0.5, 0.6) is 11.5 Å². The van der Waals surface area contributed by atoms with E-state index < -0.39 is 11.9 Å². The van der Waals surface area contributed by atoms with Gasteiger partial charge in [-0.2, -0.15) is 0 Å². The van der Waals surface area contributed by atoms with Gasteiger partial charge in [0, 0.05) is 33.0 Å². The van der Waals surface area contributed by atoms with Gasteiger partial charge in [0.2, 0.25) is 0 Å². The molecule has 0 saturated carbocycles. The van der Waals surface area contributed by atoms with Gasteiger partial charge in [-0.15, -0.1) is 11.8 Å². The maximum absolute atomic E-state index is 12.4. The van der Waals surface area contributed by atoms with Crippen molar-refractivity contribution in [3.63, 3.8) is 0 Å². The number of ether oxygens (including phenoxy) is 2. The number of thioether (sulfide) groups is 1. The lowest BCUT2D eigenvalue weighted by Gasteiger charge is -2.27. The van der Waals surface area contributed by atoms with Crippen molar-refractivity contribution in [3.8, 4) is 11.5 Å². The number of allylic oxidation sites excluding steroid dienone is 1. The van der Waals surface area contributed by atoms with Gasteiger partial charge in [0.25, 0.3) is 0 Å². The fourth-order valence-electron chi connectivity index (χ4n) is 3.26. The summed E-state index contributed by atoms with van der Waals surface area (Å²) >= 11 is 1.73. The first kappa shape index (κ1) is 20.9. The predicted molar refractivity (Wildman–Crippen MR) is 119 cm³/mol. The van der Waals surface area contributed by atoms with Crippen LogP contribution < -0.4 is 9.47 Å². The number of rotatable bonds is 6. The highest BCUT2D eigenvalue weighted by Crippen LogP contribution is 2.49. The Balaban J connectivity index is 2.33. The second kappa shape index (κ2) is 8.70. The molecule has 0 aromatic heterocycles. The molecule has 3 rings (SSSR count). The summed E-state index contributed by atoms with van der Waals surface area (Å²) in [5, 5.41) is 1.44. The average Bonchev–Trinajstić information content (AvgIpc) is 2.70.